The molecule has 0 atom stereocenters. The molecule has 7 nitrogen and oxygen atoms in total. The zero-order chi connectivity index (χ0) is 16.2. The SMILES string of the molecule is O=C(CCn1c(-c2cccs2)n[nH]c1=S)Nc1ncccc1O. The number of carbonyl (C=O) groups excluding carboxylic acids is 1. The monoisotopic (exact) mass is 347 g/mol. The molecule has 0 saturated heterocycles. The van der Waals surface area contributed by atoms with Crippen molar-refractivity contribution in [2.24, 2.45) is 0 Å². The van der Waals surface area contributed by atoms with Gasteiger partial charge in [-0.1, -0.05) is 6.07 Å². The van der Waals surface area contributed by atoms with Gasteiger partial charge in [-0.05, 0) is 35.8 Å². The van der Waals surface area contributed by atoms with Crippen molar-refractivity contribution in [1.82, 2.24) is 19.7 Å². The van der Waals surface area contributed by atoms with Crippen molar-refractivity contribution in [3.8, 4) is 16.5 Å². The van der Waals surface area contributed by atoms with E-state index in [4.69, 9.17) is 12.2 Å². The van der Waals surface area contributed by atoms with E-state index in [1.165, 1.54) is 12.3 Å². The number of aromatic hydroxyl groups is 1. The van der Waals surface area contributed by atoms with Crippen LogP contribution in [0, 0.1) is 4.77 Å². The van der Waals surface area contributed by atoms with Gasteiger partial charge in [0, 0.05) is 19.2 Å². The van der Waals surface area contributed by atoms with E-state index < -0.39 is 0 Å². The Hall–Kier alpha value is -2.52. The zero-order valence-electron chi connectivity index (χ0n) is 11.9. The standard InChI is InChI=1S/C14H13N5O2S2/c20-9-3-1-6-15-12(9)16-11(21)5-7-19-13(17-18-14(19)22)10-4-2-8-23-10/h1-4,6,8,20H,5,7H2,(H,18,22)(H,15,16,21). The van der Waals surface area contributed by atoms with Crippen LogP contribution in [0.4, 0.5) is 5.82 Å². The molecule has 0 unspecified atom stereocenters. The molecule has 3 aromatic heterocycles. The molecule has 0 aromatic carbocycles. The van der Waals surface area contributed by atoms with Crippen LogP contribution in [0.3, 0.4) is 0 Å². The van der Waals surface area contributed by atoms with Gasteiger partial charge in [0.05, 0.1) is 4.88 Å². The summed E-state index contributed by atoms with van der Waals surface area (Å²) in [5.74, 6) is 0.518. The zero-order valence-corrected chi connectivity index (χ0v) is 13.5. The summed E-state index contributed by atoms with van der Waals surface area (Å²) in [6, 6.07) is 6.92. The van der Waals surface area contributed by atoms with Crippen molar-refractivity contribution >= 4 is 35.3 Å². The highest BCUT2D eigenvalue weighted by atomic mass is 32.1. The van der Waals surface area contributed by atoms with Crippen LogP contribution >= 0.6 is 23.6 Å². The van der Waals surface area contributed by atoms with Gasteiger partial charge in [-0.15, -0.1) is 11.3 Å². The Morgan fingerprint density at radius 3 is 3.04 bits per heavy atom. The number of hydrogen-bond donors (Lipinski definition) is 3. The Balaban J connectivity index is 1.69. The third-order valence-corrected chi connectivity index (χ3v) is 4.28. The molecule has 0 spiro atoms. The quantitative estimate of drug-likeness (QED) is 0.617. The van der Waals surface area contributed by atoms with Crippen molar-refractivity contribution < 1.29 is 9.90 Å². The summed E-state index contributed by atoms with van der Waals surface area (Å²) >= 11 is 6.76. The number of H-pyrrole nitrogens is 1. The minimum absolute atomic E-state index is 0.0694. The van der Waals surface area contributed by atoms with Crippen LogP contribution in [0.25, 0.3) is 10.7 Å². The summed E-state index contributed by atoms with van der Waals surface area (Å²) in [6.07, 6.45) is 1.68. The Bertz CT molecular complexity index is 869. The minimum Gasteiger partial charge on any atom is -0.504 e. The first-order valence-corrected chi connectivity index (χ1v) is 8.07. The molecule has 0 aliphatic carbocycles. The van der Waals surface area contributed by atoms with E-state index in [-0.39, 0.29) is 23.9 Å². The van der Waals surface area contributed by atoms with Gasteiger partial charge in [-0.2, -0.15) is 5.10 Å². The molecule has 3 aromatic rings. The highest BCUT2D eigenvalue weighted by Crippen LogP contribution is 2.23. The van der Waals surface area contributed by atoms with E-state index >= 15 is 0 Å². The van der Waals surface area contributed by atoms with E-state index in [0.29, 0.717) is 17.1 Å². The number of aromatic nitrogens is 4. The second-order valence-electron chi connectivity index (χ2n) is 4.65. The number of nitrogens with one attached hydrogen (secondary N) is 2. The van der Waals surface area contributed by atoms with Gasteiger partial charge < -0.3 is 10.4 Å². The number of anilines is 1. The van der Waals surface area contributed by atoms with Crippen molar-refractivity contribution in [2.75, 3.05) is 5.32 Å². The number of carbonyl (C=O) groups is 1. The molecular weight excluding hydrogens is 334 g/mol. The average molecular weight is 347 g/mol. The van der Waals surface area contributed by atoms with Crippen LogP contribution in [0.15, 0.2) is 35.8 Å². The van der Waals surface area contributed by atoms with Crippen LogP contribution in [-0.4, -0.2) is 30.8 Å². The third-order valence-electron chi connectivity index (χ3n) is 3.11. The Morgan fingerprint density at radius 2 is 2.30 bits per heavy atom. The normalized spacial score (nSPS) is 10.6. The smallest absolute Gasteiger partial charge is 0.227 e. The average Bonchev–Trinajstić information content (AvgIpc) is 3.17. The predicted molar refractivity (Wildman–Crippen MR) is 89.9 cm³/mol. The van der Waals surface area contributed by atoms with Crippen molar-refractivity contribution in [1.29, 1.82) is 0 Å². The molecule has 0 saturated carbocycles. The lowest BCUT2D eigenvalue weighted by atomic mass is 10.3. The predicted octanol–water partition coefficient (Wildman–Crippen LogP) is 2.80. The summed E-state index contributed by atoms with van der Waals surface area (Å²) in [5, 5.41) is 21.1. The van der Waals surface area contributed by atoms with Gasteiger partial charge in [0.15, 0.2) is 22.2 Å². The lowest BCUT2D eigenvalue weighted by Gasteiger charge is -2.07. The van der Waals surface area contributed by atoms with Gasteiger partial charge in [-0.3, -0.25) is 14.5 Å². The lowest BCUT2D eigenvalue weighted by molar-refractivity contribution is -0.116. The first kappa shape index (κ1) is 15.4. The van der Waals surface area contributed by atoms with Crippen LogP contribution in [0.1, 0.15) is 6.42 Å². The largest absolute Gasteiger partial charge is 0.504 e. The summed E-state index contributed by atoms with van der Waals surface area (Å²) in [7, 11) is 0. The number of thiophene rings is 1. The molecule has 3 heterocycles. The van der Waals surface area contributed by atoms with Gasteiger partial charge in [0.1, 0.15) is 0 Å². The second-order valence-corrected chi connectivity index (χ2v) is 5.99. The molecule has 0 aliphatic heterocycles. The number of nitrogens with zero attached hydrogens (tertiary/aromatic N) is 3. The van der Waals surface area contributed by atoms with Crippen molar-refractivity contribution in [2.45, 2.75) is 13.0 Å². The fourth-order valence-electron chi connectivity index (χ4n) is 2.02. The maximum absolute atomic E-state index is 12.0. The van der Waals surface area contributed by atoms with E-state index in [2.05, 4.69) is 20.5 Å². The molecular formula is C14H13N5O2S2. The number of amides is 1. The molecule has 23 heavy (non-hydrogen) atoms. The van der Waals surface area contributed by atoms with E-state index in [1.807, 2.05) is 17.5 Å². The Kier molecular flexibility index (Phi) is 4.49. The first-order chi connectivity index (χ1) is 11.1. The van der Waals surface area contributed by atoms with E-state index in [9.17, 15) is 9.90 Å². The van der Waals surface area contributed by atoms with Crippen LogP contribution in [-0.2, 0) is 11.3 Å². The van der Waals surface area contributed by atoms with E-state index in [0.717, 1.165) is 4.88 Å². The summed E-state index contributed by atoms with van der Waals surface area (Å²) < 4.78 is 2.24. The van der Waals surface area contributed by atoms with Crippen molar-refractivity contribution in [3.05, 3.63) is 40.6 Å². The summed E-state index contributed by atoms with van der Waals surface area (Å²) in [5.41, 5.74) is 0. The number of hydrogen-bond acceptors (Lipinski definition) is 6. The molecule has 118 valence electrons. The van der Waals surface area contributed by atoms with Gasteiger partial charge in [0.25, 0.3) is 0 Å². The molecule has 0 aliphatic rings. The first-order valence-electron chi connectivity index (χ1n) is 6.78. The van der Waals surface area contributed by atoms with Crippen LogP contribution in [0.2, 0.25) is 0 Å². The molecule has 3 N–H and O–H groups in total. The number of aromatic amines is 1. The lowest BCUT2D eigenvalue weighted by Crippen LogP contribution is -2.15. The maximum Gasteiger partial charge on any atom is 0.227 e. The minimum atomic E-state index is -0.265. The summed E-state index contributed by atoms with van der Waals surface area (Å²) in [4.78, 5) is 16.9. The highest BCUT2D eigenvalue weighted by Gasteiger charge is 2.12. The molecule has 1 amide bonds. The molecule has 3 rings (SSSR count). The molecule has 0 radical (unpaired) electrons. The molecule has 0 bridgehead atoms. The fourth-order valence-corrected chi connectivity index (χ4v) is 2.97. The number of pyridine rings is 1. The molecule has 0 fully saturated rings. The maximum atomic E-state index is 12.0. The van der Waals surface area contributed by atoms with Crippen LogP contribution < -0.4 is 5.32 Å². The second kappa shape index (κ2) is 6.71. The third kappa shape index (κ3) is 3.46. The van der Waals surface area contributed by atoms with Gasteiger partial charge in [-0.25, -0.2) is 4.98 Å². The highest BCUT2D eigenvalue weighted by molar-refractivity contribution is 7.71. The van der Waals surface area contributed by atoms with Crippen molar-refractivity contribution in [3.63, 3.8) is 0 Å². The topological polar surface area (TPSA) is 95.8 Å². The molecule has 9 heteroatoms. The Labute approximate surface area is 140 Å². The summed E-state index contributed by atoms with van der Waals surface area (Å²) in [6.45, 7) is 0.377. The van der Waals surface area contributed by atoms with Gasteiger partial charge >= 0.3 is 0 Å². The Morgan fingerprint density at radius 1 is 1.43 bits per heavy atom. The number of rotatable bonds is 5. The fraction of sp³-hybridized carbons (Fsp3) is 0.143. The van der Waals surface area contributed by atoms with E-state index in [1.54, 1.807) is 22.0 Å². The van der Waals surface area contributed by atoms with Gasteiger partial charge in [0.2, 0.25) is 5.91 Å². The van der Waals surface area contributed by atoms with Crippen LogP contribution in [0.5, 0.6) is 5.75 Å².